The molecule has 0 aliphatic carbocycles. The van der Waals surface area contributed by atoms with E-state index in [1.165, 1.54) is 6.42 Å². The molecule has 210 valence electrons. The summed E-state index contributed by atoms with van der Waals surface area (Å²) in [6.07, 6.45) is 9.61. The number of aliphatic hydroxyl groups is 1. The number of nitrogens with one attached hydrogen (secondary N) is 1. The molecule has 2 aliphatic heterocycles. The molecule has 0 bridgehead atoms. The zero-order valence-electron chi connectivity index (χ0n) is 23.2. The minimum atomic E-state index is -0.848. The number of aliphatic hydroxyl groups excluding tert-OH is 1. The van der Waals surface area contributed by atoms with Gasteiger partial charge in [0, 0.05) is 6.54 Å². The van der Waals surface area contributed by atoms with Crippen molar-refractivity contribution in [2.45, 2.75) is 122 Å². The van der Waals surface area contributed by atoms with Crippen LogP contribution in [0.25, 0.3) is 0 Å². The van der Waals surface area contributed by atoms with Crippen molar-refractivity contribution in [1.29, 1.82) is 0 Å². The van der Waals surface area contributed by atoms with Gasteiger partial charge in [0.1, 0.15) is 18.0 Å². The lowest BCUT2D eigenvalue weighted by atomic mass is 9.81. The normalized spacial score (nSPS) is 24.4. The molecule has 2 N–H and O–H groups in total. The van der Waals surface area contributed by atoms with E-state index in [-0.39, 0.29) is 11.6 Å². The summed E-state index contributed by atoms with van der Waals surface area (Å²) in [5.41, 5.74) is -0.734. The Labute approximate surface area is 233 Å². The quantitative estimate of drug-likeness (QED) is 0.308. The lowest BCUT2D eigenvalue weighted by molar-refractivity contribution is -0.113. The Morgan fingerprint density at radius 2 is 1.81 bits per heavy atom. The van der Waals surface area contributed by atoms with Crippen molar-refractivity contribution in [3.05, 3.63) is 33.8 Å². The first-order valence-electron chi connectivity index (χ1n) is 13.8. The fraction of sp³-hybridized carbons (Fsp3) is 0.724. The molecule has 0 saturated carbocycles. The molecule has 2 aliphatic rings. The van der Waals surface area contributed by atoms with Crippen molar-refractivity contribution >= 4 is 35.6 Å². The monoisotopic (exact) mass is 556 g/mol. The number of unbranched alkanes of at least 4 members (excludes halogenated alkanes) is 2. The largest absolute Gasteiger partial charge is 0.444 e. The van der Waals surface area contributed by atoms with E-state index >= 15 is 0 Å². The molecule has 2 heterocycles. The summed E-state index contributed by atoms with van der Waals surface area (Å²) in [5, 5.41) is 15.4. The predicted octanol–water partition coefficient (Wildman–Crippen LogP) is 7.48. The maximum Gasteiger partial charge on any atom is 0.410 e. The van der Waals surface area contributed by atoms with Crippen LogP contribution in [0.1, 0.15) is 110 Å². The summed E-state index contributed by atoms with van der Waals surface area (Å²) in [7, 11) is 0. The van der Waals surface area contributed by atoms with Gasteiger partial charge in [-0.15, -0.1) is 0 Å². The molecule has 3 atom stereocenters. The zero-order valence-corrected chi connectivity index (χ0v) is 24.8. The second-order valence-electron chi connectivity index (χ2n) is 11.4. The molecule has 0 radical (unpaired) electrons. The number of carbonyl (C=O) groups is 2. The second kappa shape index (κ2) is 14.2. The molecule has 0 spiro atoms. The SMILES string of the molecule is CCCCC1(C(O)c2ccc(Cl)c(Cl)c2)CCCN1C(=O)OC(C)(C)C.CCCCC1(C=O)CCCN1. The van der Waals surface area contributed by atoms with E-state index < -0.39 is 17.2 Å². The number of rotatable bonds is 9. The Morgan fingerprint density at radius 1 is 1.14 bits per heavy atom. The maximum atomic E-state index is 12.8. The van der Waals surface area contributed by atoms with E-state index in [0.717, 1.165) is 64.2 Å². The minimum absolute atomic E-state index is 0.143. The Kier molecular flexibility index (Phi) is 12.2. The van der Waals surface area contributed by atoms with Crippen LogP contribution in [0.2, 0.25) is 10.0 Å². The van der Waals surface area contributed by atoms with Gasteiger partial charge in [-0.2, -0.15) is 0 Å². The van der Waals surface area contributed by atoms with Crippen molar-refractivity contribution in [2.75, 3.05) is 13.1 Å². The Hall–Kier alpha value is -1.34. The highest BCUT2D eigenvalue weighted by Crippen LogP contribution is 2.45. The second-order valence-corrected chi connectivity index (χ2v) is 12.2. The number of amides is 1. The van der Waals surface area contributed by atoms with Crippen LogP contribution in [-0.4, -0.2) is 52.2 Å². The molecule has 3 unspecified atom stereocenters. The lowest BCUT2D eigenvalue weighted by Gasteiger charge is -2.43. The average molecular weight is 558 g/mol. The van der Waals surface area contributed by atoms with Gasteiger partial charge in [0.25, 0.3) is 0 Å². The number of carbonyl (C=O) groups excluding carboxylic acids is 2. The third-order valence-corrected chi connectivity index (χ3v) is 8.09. The maximum absolute atomic E-state index is 12.8. The van der Waals surface area contributed by atoms with Gasteiger partial charge in [0.05, 0.1) is 21.1 Å². The number of aldehydes is 1. The summed E-state index contributed by atoms with van der Waals surface area (Å²) >= 11 is 12.2. The highest BCUT2D eigenvalue weighted by Gasteiger charge is 2.50. The number of halogens is 2. The third-order valence-electron chi connectivity index (χ3n) is 7.35. The molecule has 2 saturated heterocycles. The molecule has 2 fully saturated rings. The third kappa shape index (κ3) is 8.58. The highest BCUT2D eigenvalue weighted by atomic mass is 35.5. The van der Waals surface area contributed by atoms with Crippen LogP contribution in [0, 0.1) is 0 Å². The van der Waals surface area contributed by atoms with Crippen LogP contribution in [-0.2, 0) is 9.53 Å². The average Bonchev–Trinajstić information content (AvgIpc) is 3.50. The van der Waals surface area contributed by atoms with Gasteiger partial charge >= 0.3 is 6.09 Å². The number of benzene rings is 1. The number of likely N-dealkylation sites (tertiary alicyclic amines) is 1. The Bertz CT molecular complexity index is 883. The van der Waals surface area contributed by atoms with E-state index in [4.69, 9.17) is 27.9 Å². The molecule has 1 aromatic carbocycles. The molecule has 3 rings (SSSR count). The number of hydrogen-bond donors (Lipinski definition) is 2. The summed E-state index contributed by atoms with van der Waals surface area (Å²) in [6.45, 7) is 11.4. The number of ether oxygens (including phenoxy) is 1. The molecule has 0 aromatic heterocycles. The summed E-state index contributed by atoms with van der Waals surface area (Å²) in [4.78, 5) is 25.3. The van der Waals surface area contributed by atoms with Crippen LogP contribution in [0.3, 0.4) is 0 Å². The van der Waals surface area contributed by atoms with Gasteiger partial charge in [-0.3, -0.25) is 4.90 Å². The van der Waals surface area contributed by atoms with E-state index in [0.29, 0.717) is 28.6 Å². The summed E-state index contributed by atoms with van der Waals surface area (Å²) in [5.74, 6) is 0. The summed E-state index contributed by atoms with van der Waals surface area (Å²) in [6, 6.07) is 5.15. The number of nitrogens with zero attached hydrogens (tertiary/aromatic N) is 1. The first-order valence-corrected chi connectivity index (χ1v) is 14.5. The lowest BCUT2D eigenvalue weighted by Crippen LogP contribution is -2.52. The van der Waals surface area contributed by atoms with E-state index in [9.17, 15) is 14.7 Å². The smallest absolute Gasteiger partial charge is 0.410 e. The van der Waals surface area contributed by atoms with Crippen molar-refractivity contribution in [3.63, 3.8) is 0 Å². The fourth-order valence-corrected chi connectivity index (χ4v) is 5.65. The van der Waals surface area contributed by atoms with Crippen LogP contribution >= 0.6 is 23.2 Å². The highest BCUT2D eigenvalue weighted by molar-refractivity contribution is 6.42. The predicted molar refractivity (Wildman–Crippen MR) is 151 cm³/mol. The molecule has 1 amide bonds. The molecular formula is C29H46Cl2N2O4. The van der Waals surface area contributed by atoms with Crippen molar-refractivity contribution in [2.24, 2.45) is 0 Å². The van der Waals surface area contributed by atoms with Crippen molar-refractivity contribution < 1.29 is 19.4 Å². The Balaban J connectivity index is 0.000000364. The standard InChI is InChI=1S/C20H29Cl2NO3.C9H17NO/c1-5-6-10-20(17(24)14-8-9-15(21)16(22)13-14)11-7-12-23(20)18(25)26-19(2,3)4;1-2-3-5-9(8-11)6-4-7-10-9/h8-9,13,17,24H,5-7,10-12H2,1-4H3;8,10H,2-7H2,1H3. The van der Waals surface area contributed by atoms with Gasteiger partial charge in [-0.1, -0.05) is 68.8 Å². The molecule has 8 heteroatoms. The first kappa shape index (κ1) is 31.9. The van der Waals surface area contributed by atoms with Gasteiger partial charge in [-0.25, -0.2) is 4.79 Å². The Morgan fingerprint density at radius 3 is 2.35 bits per heavy atom. The zero-order chi connectivity index (χ0) is 27.7. The van der Waals surface area contributed by atoms with Gasteiger partial charge in [0.2, 0.25) is 0 Å². The van der Waals surface area contributed by atoms with E-state index in [1.807, 2.05) is 20.8 Å². The molecule has 1 aromatic rings. The molecule has 6 nitrogen and oxygen atoms in total. The van der Waals surface area contributed by atoms with Crippen molar-refractivity contribution in [1.82, 2.24) is 10.2 Å². The van der Waals surface area contributed by atoms with E-state index in [1.54, 1.807) is 23.1 Å². The first-order chi connectivity index (χ1) is 17.4. The number of hydrogen-bond acceptors (Lipinski definition) is 5. The molecule has 37 heavy (non-hydrogen) atoms. The fourth-order valence-electron chi connectivity index (χ4n) is 5.34. The van der Waals surface area contributed by atoms with Crippen LogP contribution in [0.5, 0.6) is 0 Å². The molecular weight excluding hydrogens is 511 g/mol. The van der Waals surface area contributed by atoms with Crippen LogP contribution in [0.4, 0.5) is 4.79 Å². The van der Waals surface area contributed by atoms with Gasteiger partial charge in [-0.05, 0) is 83.5 Å². The van der Waals surface area contributed by atoms with Crippen molar-refractivity contribution in [3.8, 4) is 0 Å². The van der Waals surface area contributed by atoms with Crippen LogP contribution in [0.15, 0.2) is 18.2 Å². The summed E-state index contributed by atoms with van der Waals surface area (Å²) < 4.78 is 5.61. The topological polar surface area (TPSA) is 78.9 Å². The van der Waals surface area contributed by atoms with Gasteiger partial charge in [0.15, 0.2) is 0 Å². The van der Waals surface area contributed by atoms with Crippen LogP contribution < -0.4 is 5.32 Å². The minimum Gasteiger partial charge on any atom is -0.444 e. The van der Waals surface area contributed by atoms with Gasteiger partial charge < -0.3 is 20.0 Å². The van der Waals surface area contributed by atoms with E-state index in [2.05, 4.69) is 19.2 Å².